The first kappa shape index (κ1) is 20.2. The summed E-state index contributed by atoms with van der Waals surface area (Å²) in [6.07, 6.45) is 3.11. The number of amides is 1. The molecule has 31 heavy (non-hydrogen) atoms. The third-order valence-electron chi connectivity index (χ3n) is 5.17. The van der Waals surface area contributed by atoms with E-state index in [4.69, 9.17) is 0 Å². The van der Waals surface area contributed by atoms with Crippen molar-refractivity contribution in [3.8, 4) is 0 Å². The van der Waals surface area contributed by atoms with Crippen molar-refractivity contribution >= 4 is 28.7 Å². The van der Waals surface area contributed by atoms with Crippen LogP contribution in [-0.2, 0) is 0 Å². The van der Waals surface area contributed by atoms with Crippen molar-refractivity contribution in [2.24, 2.45) is 0 Å². The van der Waals surface area contributed by atoms with Gasteiger partial charge in [-0.05, 0) is 56.2 Å². The van der Waals surface area contributed by atoms with Gasteiger partial charge in [0.25, 0.3) is 5.91 Å². The van der Waals surface area contributed by atoms with Gasteiger partial charge < -0.3 is 10.6 Å². The van der Waals surface area contributed by atoms with Gasteiger partial charge in [0.15, 0.2) is 5.82 Å². The Morgan fingerprint density at radius 1 is 1.06 bits per heavy atom. The number of hydrogen-bond acceptors (Lipinski definition) is 6. The zero-order valence-electron chi connectivity index (χ0n) is 17.7. The summed E-state index contributed by atoms with van der Waals surface area (Å²) >= 11 is 0. The molecule has 3 aromatic heterocycles. The Morgan fingerprint density at radius 2 is 1.87 bits per heavy atom. The molecule has 1 aromatic carbocycles. The molecule has 0 unspecified atom stereocenters. The molecular weight excluding hydrogens is 392 g/mol. The van der Waals surface area contributed by atoms with E-state index in [-0.39, 0.29) is 11.7 Å². The molecule has 0 aliphatic rings. The van der Waals surface area contributed by atoms with E-state index in [0.29, 0.717) is 28.2 Å². The first-order valence-electron chi connectivity index (χ1n) is 9.80. The van der Waals surface area contributed by atoms with Crippen LogP contribution < -0.4 is 10.6 Å². The molecule has 0 aliphatic heterocycles. The topological polar surface area (TPSA) is 101 Å². The molecule has 3 heterocycles. The Balaban J connectivity index is 1.77. The van der Waals surface area contributed by atoms with E-state index < -0.39 is 0 Å². The van der Waals surface area contributed by atoms with Gasteiger partial charge in [-0.25, -0.2) is 14.5 Å². The van der Waals surface area contributed by atoms with Crippen molar-refractivity contribution < 1.29 is 9.59 Å². The van der Waals surface area contributed by atoms with Crippen molar-refractivity contribution in [1.29, 1.82) is 0 Å². The summed E-state index contributed by atoms with van der Waals surface area (Å²) in [7, 11) is 1.59. The summed E-state index contributed by atoms with van der Waals surface area (Å²) in [6.45, 7) is 5.65. The van der Waals surface area contributed by atoms with Crippen LogP contribution in [0.25, 0.3) is 5.52 Å². The second kappa shape index (κ2) is 7.98. The minimum Gasteiger partial charge on any atom is -0.355 e. The van der Waals surface area contributed by atoms with E-state index in [2.05, 4.69) is 25.7 Å². The number of rotatable bonds is 5. The van der Waals surface area contributed by atoms with Gasteiger partial charge in [0.1, 0.15) is 17.5 Å². The van der Waals surface area contributed by atoms with Gasteiger partial charge in [-0.3, -0.25) is 9.59 Å². The average Bonchev–Trinajstić information content (AvgIpc) is 3.11. The zero-order chi connectivity index (χ0) is 22.1. The van der Waals surface area contributed by atoms with E-state index in [1.807, 2.05) is 39.0 Å². The number of hydrogen-bond donors (Lipinski definition) is 2. The molecule has 0 saturated carbocycles. The van der Waals surface area contributed by atoms with Crippen LogP contribution in [0.1, 0.15) is 43.2 Å². The van der Waals surface area contributed by atoms with Crippen LogP contribution in [-0.4, -0.2) is 38.3 Å². The largest absolute Gasteiger partial charge is 0.355 e. The number of anilines is 2. The number of carbonyl (C=O) groups excluding carboxylic acids is 2. The molecule has 156 valence electrons. The van der Waals surface area contributed by atoms with Gasteiger partial charge in [-0.1, -0.05) is 12.1 Å². The van der Waals surface area contributed by atoms with Crippen LogP contribution >= 0.6 is 0 Å². The number of carbonyl (C=O) groups is 2. The normalized spacial score (nSPS) is 10.8. The predicted octanol–water partition coefficient (Wildman–Crippen LogP) is 3.38. The van der Waals surface area contributed by atoms with Gasteiger partial charge >= 0.3 is 0 Å². The number of pyridine rings is 1. The summed E-state index contributed by atoms with van der Waals surface area (Å²) in [5.74, 6) is 0.199. The first-order valence-corrected chi connectivity index (χ1v) is 9.80. The Bertz CT molecular complexity index is 1330. The number of benzene rings is 1. The van der Waals surface area contributed by atoms with Gasteiger partial charge in [-0.15, -0.1) is 0 Å². The predicted molar refractivity (Wildman–Crippen MR) is 118 cm³/mol. The third kappa shape index (κ3) is 3.75. The number of nitrogens with one attached hydrogen (secondary N) is 2. The highest BCUT2D eigenvalue weighted by molar-refractivity contribution is 6.10. The number of nitrogens with zero attached hydrogens (tertiary/aromatic N) is 4. The minimum absolute atomic E-state index is 0.171. The zero-order valence-corrected chi connectivity index (χ0v) is 17.7. The van der Waals surface area contributed by atoms with Crippen LogP contribution in [0.5, 0.6) is 0 Å². The van der Waals surface area contributed by atoms with Crippen LogP contribution in [0.15, 0.2) is 48.9 Å². The molecule has 2 N–H and O–H groups in total. The Morgan fingerprint density at radius 3 is 2.61 bits per heavy atom. The molecule has 0 bridgehead atoms. The van der Waals surface area contributed by atoms with E-state index in [9.17, 15) is 9.59 Å². The van der Waals surface area contributed by atoms with Crippen LogP contribution in [0.2, 0.25) is 0 Å². The number of aromatic nitrogens is 4. The molecule has 8 nitrogen and oxygen atoms in total. The lowest BCUT2D eigenvalue weighted by atomic mass is 10.1. The molecule has 0 spiro atoms. The maximum atomic E-state index is 13.1. The molecule has 0 saturated heterocycles. The standard InChI is InChI=1S/C23H22N6O2/c1-13-8-9-16(23(31)24-4)10-19(13)28-22-20-15(3)17(11-29(20)26-12-25-22)21(30)18-7-5-6-14(2)27-18/h5-12H,1-4H3,(H,24,31)(H,25,26,28). The summed E-state index contributed by atoms with van der Waals surface area (Å²) in [5, 5.41) is 10.2. The van der Waals surface area contributed by atoms with Crippen molar-refractivity contribution in [2.45, 2.75) is 20.8 Å². The SMILES string of the molecule is CNC(=O)c1ccc(C)c(Nc2ncnn3cc(C(=O)c4cccc(C)n4)c(C)c23)c1. The summed E-state index contributed by atoms with van der Waals surface area (Å²) < 4.78 is 1.63. The second-order valence-electron chi connectivity index (χ2n) is 7.30. The fraction of sp³-hybridized carbons (Fsp3) is 0.174. The van der Waals surface area contributed by atoms with Gasteiger partial charge in [0.05, 0.1) is 0 Å². The van der Waals surface area contributed by atoms with E-state index in [1.54, 1.807) is 36.0 Å². The van der Waals surface area contributed by atoms with Crippen LogP contribution in [0.3, 0.4) is 0 Å². The monoisotopic (exact) mass is 414 g/mol. The fourth-order valence-electron chi connectivity index (χ4n) is 3.46. The number of ketones is 1. The molecule has 8 heteroatoms. The molecule has 0 atom stereocenters. The highest BCUT2D eigenvalue weighted by Crippen LogP contribution is 2.28. The summed E-state index contributed by atoms with van der Waals surface area (Å²) in [5.41, 5.74) is 5.34. The summed E-state index contributed by atoms with van der Waals surface area (Å²) in [4.78, 5) is 33.8. The Labute approximate surface area is 179 Å². The molecule has 4 rings (SSSR count). The van der Waals surface area contributed by atoms with Crippen LogP contribution in [0.4, 0.5) is 11.5 Å². The Hall–Kier alpha value is -4.07. The van der Waals surface area contributed by atoms with Gasteiger partial charge in [-0.2, -0.15) is 5.10 Å². The van der Waals surface area contributed by atoms with E-state index in [1.165, 1.54) is 6.33 Å². The van der Waals surface area contributed by atoms with Crippen LogP contribution in [0, 0.1) is 20.8 Å². The quantitative estimate of drug-likeness (QED) is 0.486. The number of fused-ring (bicyclic) bond motifs is 1. The van der Waals surface area contributed by atoms with E-state index >= 15 is 0 Å². The fourth-order valence-corrected chi connectivity index (χ4v) is 3.46. The van der Waals surface area contributed by atoms with Crippen molar-refractivity contribution in [3.05, 3.63) is 82.6 Å². The second-order valence-corrected chi connectivity index (χ2v) is 7.30. The maximum Gasteiger partial charge on any atom is 0.251 e. The van der Waals surface area contributed by atoms with Crippen molar-refractivity contribution in [3.63, 3.8) is 0 Å². The Kier molecular flexibility index (Phi) is 5.21. The summed E-state index contributed by atoms with van der Waals surface area (Å²) in [6, 6.07) is 10.8. The highest BCUT2D eigenvalue weighted by Gasteiger charge is 2.20. The lowest BCUT2D eigenvalue weighted by Gasteiger charge is -2.12. The van der Waals surface area contributed by atoms with Crippen molar-refractivity contribution in [2.75, 3.05) is 12.4 Å². The highest BCUT2D eigenvalue weighted by atomic mass is 16.1. The average molecular weight is 414 g/mol. The lowest BCUT2D eigenvalue weighted by molar-refractivity contribution is 0.0962. The molecule has 0 aliphatic carbocycles. The van der Waals surface area contributed by atoms with Gasteiger partial charge in [0, 0.05) is 35.8 Å². The molecular formula is C23H22N6O2. The van der Waals surface area contributed by atoms with E-state index in [0.717, 1.165) is 22.5 Å². The molecule has 4 aromatic rings. The minimum atomic E-state index is -0.173. The lowest BCUT2D eigenvalue weighted by Crippen LogP contribution is -2.17. The number of aryl methyl sites for hydroxylation is 3. The molecule has 0 fully saturated rings. The maximum absolute atomic E-state index is 13.1. The van der Waals surface area contributed by atoms with Gasteiger partial charge in [0.2, 0.25) is 5.78 Å². The smallest absolute Gasteiger partial charge is 0.251 e. The third-order valence-corrected chi connectivity index (χ3v) is 5.17. The van der Waals surface area contributed by atoms with Crippen molar-refractivity contribution in [1.82, 2.24) is 24.9 Å². The molecule has 0 radical (unpaired) electrons. The molecule has 1 amide bonds. The first-order chi connectivity index (χ1) is 14.9.